The summed E-state index contributed by atoms with van der Waals surface area (Å²) in [6.45, 7) is 3.17. The second-order valence-electron chi connectivity index (χ2n) is 5.14. The van der Waals surface area contributed by atoms with Crippen molar-refractivity contribution in [3.8, 4) is 0 Å². The summed E-state index contributed by atoms with van der Waals surface area (Å²) in [4.78, 5) is 0.229. The molecule has 0 aliphatic heterocycles. The number of benzene rings is 1. The second-order valence-corrected chi connectivity index (χ2v) is 7.41. The van der Waals surface area contributed by atoms with E-state index in [2.05, 4.69) is 5.32 Å². The molecular weight excluding hydrogens is 296 g/mol. The van der Waals surface area contributed by atoms with Gasteiger partial charge in [-0.15, -0.1) is 0 Å². The van der Waals surface area contributed by atoms with Crippen molar-refractivity contribution in [3.05, 3.63) is 28.8 Å². The molecule has 6 heteroatoms. The number of halogens is 1. The average molecular weight is 317 g/mol. The Labute approximate surface area is 126 Å². The van der Waals surface area contributed by atoms with Crippen LogP contribution in [-0.2, 0) is 16.6 Å². The number of hydrogen-bond donors (Lipinski definition) is 1. The van der Waals surface area contributed by atoms with E-state index in [9.17, 15) is 8.42 Å². The molecule has 2 rings (SSSR count). The van der Waals surface area contributed by atoms with Gasteiger partial charge in [-0.3, -0.25) is 0 Å². The van der Waals surface area contributed by atoms with Gasteiger partial charge in [0.15, 0.2) is 0 Å². The molecule has 1 saturated carbocycles. The summed E-state index contributed by atoms with van der Waals surface area (Å²) < 4.78 is 27.2. The predicted octanol–water partition coefficient (Wildman–Crippen LogP) is 2.62. The number of sulfonamides is 1. The summed E-state index contributed by atoms with van der Waals surface area (Å²) in [5, 5.41) is 3.32. The van der Waals surface area contributed by atoms with Crippen LogP contribution >= 0.6 is 11.6 Å². The summed E-state index contributed by atoms with van der Waals surface area (Å²) in [6.07, 6.45) is 2.71. The molecule has 1 N–H and O–H groups in total. The fourth-order valence-electron chi connectivity index (χ4n) is 2.27. The van der Waals surface area contributed by atoms with Crippen molar-refractivity contribution in [1.82, 2.24) is 9.62 Å². The third kappa shape index (κ3) is 3.34. The first kappa shape index (κ1) is 15.8. The highest BCUT2D eigenvalue weighted by molar-refractivity contribution is 7.89. The Hall–Kier alpha value is -0.620. The lowest BCUT2D eigenvalue weighted by atomic mass is 10.2. The van der Waals surface area contributed by atoms with E-state index in [0.717, 1.165) is 24.8 Å². The van der Waals surface area contributed by atoms with Gasteiger partial charge in [0, 0.05) is 19.1 Å². The van der Waals surface area contributed by atoms with E-state index in [1.807, 2.05) is 20.0 Å². The van der Waals surface area contributed by atoms with Crippen molar-refractivity contribution >= 4 is 21.6 Å². The maximum atomic E-state index is 12.8. The van der Waals surface area contributed by atoms with E-state index in [1.54, 1.807) is 16.4 Å². The summed E-state index contributed by atoms with van der Waals surface area (Å²) in [5.41, 5.74) is 0.919. The van der Waals surface area contributed by atoms with Crippen LogP contribution in [0.5, 0.6) is 0 Å². The van der Waals surface area contributed by atoms with Gasteiger partial charge in [-0.2, -0.15) is 4.31 Å². The summed E-state index contributed by atoms with van der Waals surface area (Å²) in [6, 6.07) is 5.35. The minimum absolute atomic E-state index is 0.156. The quantitative estimate of drug-likeness (QED) is 0.841. The van der Waals surface area contributed by atoms with E-state index in [0.29, 0.717) is 18.1 Å². The van der Waals surface area contributed by atoms with Crippen molar-refractivity contribution < 1.29 is 8.42 Å². The lowest BCUT2D eigenvalue weighted by Gasteiger charge is -2.22. The van der Waals surface area contributed by atoms with Gasteiger partial charge in [-0.25, -0.2) is 8.42 Å². The fraction of sp³-hybridized carbons (Fsp3) is 0.571. The largest absolute Gasteiger partial charge is 0.316 e. The normalized spacial score (nSPS) is 15.8. The Morgan fingerprint density at radius 3 is 2.65 bits per heavy atom. The van der Waals surface area contributed by atoms with Crippen LogP contribution in [0.1, 0.15) is 31.7 Å². The molecule has 1 aliphatic carbocycles. The van der Waals surface area contributed by atoms with E-state index in [-0.39, 0.29) is 10.9 Å². The SMILES string of the molecule is CCCN(C1CC1)S(=O)(=O)c1cc(CNC)ccc1Cl. The van der Waals surface area contributed by atoms with Crippen molar-refractivity contribution in [1.29, 1.82) is 0 Å². The Bertz CT molecular complexity index is 571. The molecule has 0 heterocycles. The fourth-order valence-corrected chi connectivity index (χ4v) is 4.57. The third-order valence-corrected chi connectivity index (χ3v) is 5.79. The van der Waals surface area contributed by atoms with Gasteiger partial charge in [-0.1, -0.05) is 24.6 Å². The Kier molecular flexibility index (Phi) is 5.07. The highest BCUT2D eigenvalue weighted by Crippen LogP contribution is 2.34. The minimum atomic E-state index is -3.50. The smallest absolute Gasteiger partial charge is 0.244 e. The highest BCUT2D eigenvalue weighted by Gasteiger charge is 2.38. The molecule has 0 aromatic heterocycles. The molecule has 0 spiro atoms. The molecule has 1 fully saturated rings. The van der Waals surface area contributed by atoms with Crippen LogP contribution in [0.4, 0.5) is 0 Å². The standard InChI is InChI=1S/C14H21ClN2O2S/c1-3-8-17(12-5-6-12)20(18,19)14-9-11(10-16-2)4-7-13(14)15/h4,7,9,12,16H,3,5-6,8,10H2,1-2H3. The molecule has 0 bridgehead atoms. The first-order valence-electron chi connectivity index (χ1n) is 6.95. The Morgan fingerprint density at radius 2 is 2.10 bits per heavy atom. The monoisotopic (exact) mass is 316 g/mol. The van der Waals surface area contributed by atoms with E-state index < -0.39 is 10.0 Å². The molecular formula is C14H21ClN2O2S. The van der Waals surface area contributed by atoms with Crippen LogP contribution < -0.4 is 5.32 Å². The zero-order chi connectivity index (χ0) is 14.8. The molecule has 4 nitrogen and oxygen atoms in total. The third-order valence-electron chi connectivity index (χ3n) is 3.36. The predicted molar refractivity (Wildman–Crippen MR) is 81.4 cm³/mol. The van der Waals surface area contributed by atoms with E-state index >= 15 is 0 Å². The topological polar surface area (TPSA) is 49.4 Å². The van der Waals surface area contributed by atoms with Gasteiger partial charge < -0.3 is 5.32 Å². The molecule has 1 aromatic carbocycles. The maximum Gasteiger partial charge on any atom is 0.244 e. The molecule has 0 saturated heterocycles. The van der Waals surface area contributed by atoms with E-state index in [4.69, 9.17) is 11.6 Å². The number of hydrogen-bond acceptors (Lipinski definition) is 3. The van der Waals surface area contributed by atoms with Crippen molar-refractivity contribution in [2.75, 3.05) is 13.6 Å². The first-order valence-corrected chi connectivity index (χ1v) is 8.77. The van der Waals surface area contributed by atoms with Crippen LogP contribution in [0.3, 0.4) is 0 Å². The average Bonchev–Trinajstić information content (AvgIpc) is 3.22. The summed E-state index contributed by atoms with van der Waals surface area (Å²) in [7, 11) is -1.67. The second kappa shape index (κ2) is 6.43. The number of nitrogens with zero attached hydrogens (tertiary/aromatic N) is 1. The van der Waals surface area contributed by atoms with Crippen LogP contribution in [-0.4, -0.2) is 32.4 Å². The molecule has 0 atom stereocenters. The van der Waals surface area contributed by atoms with Gasteiger partial charge in [0.25, 0.3) is 0 Å². The van der Waals surface area contributed by atoms with Gasteiger partial charge in [0.2, 0.25) is 10.0 Å². The van der Waals surface area contributed by atoms with E-state index in [1.165, 1.54) is 0 Å². The van der Waals surface area contributed by atoms with Crippen molar-refractivity contribution in [2.24, 2.45) is 0 Å². The van der Waals surface area contributed by atoms with Gasteiger partial charge in [0.1, 0.15) is 4.90 Å². The molecule has 1 aromatic rings. The number of nitrogens with one attached hydrogen (secondary N) is 1. The molecule has 0 radical (unpaired) electrons. The van der Waals surface area contributed by atoms with Crippen LogP contribution in [0.25, 0.3) is 0 Å². The van der Waals surface area contributed by atoms with Crippen LogP contribution in [0.2, 0.25) is 5.02 Å². The number of rotatable bonds is 7. The minimum Gasteiger partial charge on any atom is -0.316 e. The van der Waals surface area contributed by atoms with Gasteiger partial charge >= 0.3 is 0 Å². The first-order chi connectivity index (χ1) is 9.50. The summed E-state index contributed by atoms with van der Waals surface area (Å²) in [5.74, 6) is 0. The molecule has 0 amide bonds. The lowest BCUT2D eigenvalue weighted by Crippen LogP contribution is -2.34. The maximum absolute atomic E-state index is 12.8. The zero-order valence-corrected chi connectivity index (χ0v) is 13.5. The van der Waals surface area contributed by atoms with Crippen LogP contribution in [0.15, 0.2) is 23.1 Å². The molecule has 20 heavy (non-hydrogen) atoms. The molecule has 112 valence electrons. The van der Waals surface area contributed by atoms with Gasteiger partial charge in [-0.05, 0) is 44.0 Å². The van der Waals surface area contributed by atoms with Crippen LogP contribution in [0, 0.1) is 0 Å². The Morgan fingerprint density at radius 1 is 1.40 bits per heavy atom. The highest BCUT2D eigenvalue weighted by atomic mass is 35.5. The van der Waals surface area contributed by atoms with Gasteiger partial charge in [0.05, 0.1) is 5.02 Å². The lowest BCUT2D eigenvalue weighted by molar-refractivity contribution is 0.403. The van der Waals surface area contributed by atoms with Crippen molar-refractivity contribution in [3.63, 3.8) is 0 Å². The van der Waals surface area contributed by atoms with Crippen molar-refractivity contribution in [2.45, 2.75) is 43.7 Å². The molecule has 1 aliphatic rings. The molecule has 0 unspecified atom stereocenters. The Balaban J connectivity index is 2.38. The zero-order valence-electron chi connectivity index (χ0n) is 11.9. The summed E-state index contributed by atoms with van der Waals surface area (Å²) >= 11 is 6.12.